The van der Waals surface area contributed by atoms with Gasteiger partial charge in [-0.05, 0) is 0 Å². The van der Waals surface area contributed by atoms with Crippen LogP contribution in [0, 0.1) is 44.3 Å². The summed E-state index contributed by atoms with van der Waals surface area (Å²) in [4.78, 5) is 12.0. The van der Waals surface area contributed by atoms with Crippen molar-refractivity contribution in [2.45, 2.75) is 0 Å². The van der Waals surface area contributed by atoms with Crippen molar-refractivity contribution >= 4 is 23.2 Å². The number of hydrogen-bond acceptors (Lipinski definition) is 10. The van der Waals surface area contributed by atoms with E-state index in [9.17, 15) is 21.0 Å². The predicted octanol–water partition coefficient (Wildman–Crippen LogP) is 6.52. The summed E-state index contributed by atoms with van der Waals surface area (Å²) in [6.07, 6.45) is 0. The fourth-order valence-corrected chi connectivity index (χ4v) is 11.8. The number of benzene rings is 3. The Bertz CT molecular complexity index is 1410. The van der Waals surface area contributed by atoms with Gasteiger partial charge in [-0.25, -0.2) is 0 Å². The fraction of sp³-hybridized carbons (Fsp3) is 0. The van der Waals surface area contributed by atoms with Crippen molar-refractivity contribution in [3.63, 3.8) is 0 Å². The van der Waals surface area contributed by atoms with Gasteiger partial charge in [0.25, 0.3) is 0 Å². The minimum atomic E-state index is -5.39. The molecule has 10 nitrogen and oxygen atoms in total. The van der Waals surface area contributed by atoms with Crippen LogP contribution < -0.4 is 14.2 Å². The molecule has 1 heterocycles. The van der Waals surface area contributed by atoms with Crippen LogP contribution in [0.2, 0.25) is 0 Å². The molecule has 0 amide bonds. The Morgan fingerprint density at radius 1 is 0.686 bits per heavy atom. The quantitative estimate of drug-likeness (QED) is 0.333. The minimum absolute atomic E-state index is 0.150. The summed E-state index contributed by atoms with van der Waals surface area (Å²) < 4.78 is 12.3. The van der Waals surface area contributed by atoms with Crippen LogP contribution in [0.3, 0.4) is 0 Å². The van der Waals surface area contributed by atoms with Crippen LogP contribution in [0.15, 0.2) is 95.5 Å². The van der Waals surface area contributed by atoms with Crippen LogP contribution in [0.1, 0.15) is 0 Å². The van der Waals surface area contributed by atoms with E-state index >= 15 is 0 Å². The van der Waals surface area contributed by atoms with Gasteiger partial charge in [-0.3, -0.25) is 0 Å². The molecule has 0 saturated carbocycles. The van der Waals surface area contributed by atoms with Gasteiger partial charge in [0, 0.05) is 0 Å². The van der Waals surface area contributed by atoms with Gasteiger partial charge in [0.15, 0.2) is 0 Å². The van der Waals surface area contributed by atoms with Crippen LogP contribution >= 0.6 is 23.2 Å². The molecule has 1 aliphatic rings. The third-order valence-corrected chi connectivity index (χ3v) is 13.5. The van der Waals surface area contributed by atoms with Gasteiger partial charge in [0.1, 0.15) is 0 Å². The molecule has 1 unspecified atom stereocenters. The Kier molecular flexibility index (Phi) is 6.71. The van der Waals surface area contributed by atoms with E-state index in [1.165, 1.54) is 0 Å². The summed E-state index contributed by atoms with van der Waals surface area (Å²) in [6.45, 7) is 0. The normalized spacial score (nSPS) is 19.6. The van der Waals surface area contributed by atoms with E-state index in [-0.39, 0.29) is 11.5 Å². The molecule has 4 rings (SSSR count). The molecule has 0 N–H and O–H groups in total. The maximum absolute atomic E-state index is 10.8. The maximum atomic E-state index is 10.8. The number of rotatable bonds is 6. The number of nitriles is 4. The van der Waals surface area contributed by atoms with E-state index in [4.69, 9.17) is 14.2 Å². The average Bonchev–Trinajstić information content (AvgIpc) is 2.93. The standard InChI is InChI=1S/C22H16N7O3P3/c23-16-34(17-24)27-33-28(30-20-10-4-1-5-11-20)35(18-25,19-26,32-22-14-8-3-9-15-22)29(34)31-21-12-6-2-7-13-21/h1-15,33H. The van der Waals surface area contributed by atoms with E-state index in [0.29, 0.717) is 5.75 Å². The second-order valence-electron chi connectivity index (χ2n) is 6.89. The van der Waals surface area contributed by atoms with E-state index in [2.05, 4.69) is 4.52 Å². The topological polar surface area (TPSA) is 142 Å². The van der Waals surface area contributed by atoms with Crippen LogP contribution in [0.5, 0.6) is 17.2 Å². The first-order chi connectivity index (χ1) is 17.0. The Balaban J connectivity index is 2.02. The van der Waals surface area contributed by atoms with E-state index in [1.807, 2.05) is 23.2 Å². The molecule has 1 atom stereocenters. The zero-order valence-corrected chi connectivity index (χ0v) is 20.7. The first-order valence-corrected chi connectivity index (χ1v) is 14.6. The first-order valence-electron chi connectivity index (χ1n) is 9.93. The van der Waals surface area contributed by atoms with Crippen molar-refractivity contribution in [1.82, 2.24) is 9.21 Å². The first kappa shape index (κ1) is 24.2. The van der Waals surface area contributed by atoms with Crippen molar-refractivity contribution in [2.24, 2.45) is 4.52 Å². The molecule has 1 aliphatic heterocycles. The zero-order valence-electron chi connectivity index (χ0n) is 17.9. The molecule has 13 heteroatoms. The molecule has 35 heavy (non-hydrogen) atoms. The third-order valence-electron chi connectivity index (χ3n) is 4.70. The van der Waals surface area contributed by atoms with Crippen LogP contribution in [0.4, 0.5) is 0 Å². The molecule has 3 aromatic carbocycles. The predicted molar refractivity (Wildman–Crippen MR) is 132 cm³/mol. The summed E-state index contributed by atoms with van der Waals surface area (Å²) >= 11 is 0. The summed E-state index contributed by atoms with van der Waals surface area (Å²) in [5.41, 5.74) is 0. The van der Waals surface area contributed by atoms with Gasteiger partial charge in [0.05, 0.1) is 0 Å². The van der Waals surface area contributed by atoms with Gasteiger partial charge >= 0.3 is 204 Å². The van der Waals surface area contributed by atoms with Crippen molar-refractivity contribution in [2.75, 3.05) is 0 Å². The van der Waals surface area contributed by atoms with Gasteiger partial charge in [-0.2, -0.15) is 0 Å². The second-order valence-corrected chi connectivity index (χ2v) is 14.2. The zero-order chi connectivity index (χ0) is 24.8. The van der Waals surface area contributed by atoms with Crippen molar-refractivity contribution < 1.29 is 14.2 Å². The second kappa shape index (κ2) is 9.72. The molecule has 0 aromatic heterocycles. The molecule has 0 fully saturated rings. The van der Waals surface area contributed by atoms with Gasteiger partial charge in [0.2, 0.25) is 0 Å². The molecule has 0 bridgehead atoms. The van der Waals surface area contributed by atoms with Crippen molar-refractivity contribution in [3.8, 4) is 40.5 Å². The van der Waals surface area contributed by atoms with Gasteiger partial charge in [-0.1, -0.05) is 0 Å². The molecular formula is C22H16N7O3P3. The molecule has 3 aromatic rings. The number of hydrogen-bond donors (Lipinski definition) is 0. The molecule has 0 saturated heterocycles. The summed E-state index contributed by atoms with van der Waals surface area (Å²) in [6, 6.07) is 24.8. The Morgan fingerprint density at radius 2 is 1.14 bits per heavy atom. The van der Waals surface area contributed by atoms with Crippen LogP contribution in [-0.4, -0.2) is 9.21 Å². The van der Waals surface area contributed by atoms with Gasteiger partial charge < -0.3 is 0 Å². The molecule has 172 valence electrons. The third kappa shape index (κ3) is 4.08. The summed E-state index contributed by atoms with van der Waals surface area (Å²) in [5, 5.41) is 41.8. The molecule has 0 spiro atoms. The van der Waals surface area contributed by atoms with E-state index in [1.54, 1.807) is 91.0 Å². The van der Waals surface area contributed by atoms with E-state index < -0.39 is 23.2 Å². The number of nitrogens with zero attached hydrogens (tertiary/aromatic N) is 7. The monoisotopic (exact) mass is 519 g/mol. The molecule has 0 aliphatic carbocycles. The Hall–Kier alpha value is -3.97. The summed E-state index contributed by atoms with van der Waals surface area (Å²) in [5.74, 6) is 8.49. The van der Waals surface area contributed by atoms with Crippen LogP contribution in [0.25, 0.3) is 0 Å². The molecule has 0 radical (unpaired) electrons. The van der Waals surface area contributed by atoms with Crippen LogP contribution in [-0.2, 0) is 0 Å². The van der Waals surface area contributed by atoms with E-state index in [0.717, 1.165) is 9.21 Å². The molecular weight excluding hydrogens is 503 g/mol. The SMILES string of the molecule is N#CP1(C#N)=NPN(Oc2ccccc2)P(C#N)(C#N)(Oc2ccccc2)N1Oc1ccccc1. The Morgan fingerprint density at radius 3 is 1.60 bits per heavy atom. The van der Waals surface area contributed by atoms with Gasteiger partial charge in [-0.15, -0.1) is 0 Å². The average molecular weight is 519 g/mol. The fourth-order valence-electron chi connectivity index (χ4n) is 3.04. The summed E-state index contributed by atoms with van der Waals surface area (Å²) in [7, 11) is -10.1. The number of para-hydroxylation sites is 3. The van der Waals surface area contributed by atoms with Crippen molar-refractivity contribution in [1.29, 1.82) is 21.0 Å². The Labute approximate surface area is 203 Å². The van der Waals surface area contributed by atoms with Crippen molar-refractivity contribution in [3.05, 3.63) is 91.0 Å².